The Bertz CT molecular complexity index is 658. The van der Waals surface area contributed by atoms with Gasteiger partial charge >= 0.3 is 0 Å². The van der Waals surface area contributed by atoms with E-state index in [2.05, 4.69) is 39.8 Å². The average Bonchev–Trinajstić information content (AvgIpc) is 3.01. The van der Waals surface area contributed by atoms with Crippen LogP contribution in [0.4, 0.5) is 0 Å². The number of rotatable bonds is 6. The predicted octanol–water partition coefficient (Wildman–Crippen LogP) is 4.45. The van der Waals surface area contributed by atoms with Crippen molar-refractivity contribution in [3.8, 4) is 0 Å². The lowest BCUT2D eigenvalue weighted by Crippen LogP contribution is -2.37. The summed E-state index contributed by atoms with van der Waals surface area (Å²) in [5, 5.41) is 10.6. The largest absolute Gasteiger partial charge is 0.356 e. The summed E-state index contributed by atoms with van der Waals surface area (Å²) in [7, 11) is 1.77. The molecule has 0 radical (unpaired) electrons. The maximum absolute atomic E-state index is 6.16. The number of nitrogens with zero attached hydrogens (tertiary/aromatic N) is 2. The van der Waals surface area contributed by atoms with Crippen molar-refractivity contribution in [1.29, 1.82) is 0 Å². The lowest BCUT2D eigenvalue weighted by atomic mass is 10.1. The van der Waals surface area contributed by atoms with Gasteiger partial charge < -0.3 is 10.6 Å². The molecule has 0 aliphatic heterocycles. The highest BCUT2D eigenvalue weighted by Gasteiger charge is 2.06. The highest BCUT2D eigenvalue weighted by Crippen LogP contribution is 2.17. The van der Waals surface area contributed by atoms with E-state index in [1.807, 2.05) is 24.3 Å². The van der Waals surface area contributed by atoms with E-state index in [4.69, 9.17) is 11.6 Å². The van der Waals surface area contributed by atoms with E-state index >= 15 is 0 Å². The lowest BCUT2D eigenvalue weighted by molar-refractivity contribution is 0.778. The summed E-state index contributed by atoms with van der Waals surface area (Å²) in [6, 6.07) is 7.91. The minimum atomic E-state index is 0. The number of hydrogen-bond donors (Lipinski definition) is 2. The summed E-state index contributed by atoms with van der Waals surface area (Å²) in [4.78, 5) is 8.85. The number of halogens is 2. The molecule has 0 saturated carbocycles. The Hall–Kier alpha value is -0.860. The van der Waals surface area contributed by atoms with Gasteiger partial charge in [0.1, 0.15) is 5.01 Å². The maximum atomic E-state index is 6.16. The highest BCUT2D eigenvalue weighted by atomic mass is 127. The fourth-order valence-corrected chi connectivity index (χ4v) is 3.19. The predicted molar refractivity (Wildman–Crippen MR) is 115 cm³/mol. The molecule has 0 saturated heterocycles. The van der Waals surface area contributed by atoms with Crippen molar-refractivity contribution in [2.45, 2.75) is 32.7 Å². The maximum Gasteiger partial charge on any atom is 0.191 e. The van der Waals surface area contributed by atoms with E-state index in [0.29, 0.717) is 12.5 Å². The molecule has 24 heavy (non-hydrogen) atoms. The third kappa shape index (κ3) is 6.57. The first-order chi connectivity index (χ1) is 11.1. The van der Waals surface area contributed by atoms with Crippen LogP contribution < -0.4 is 10.6 Å². The number of aliphatic imine (C=N–C) groups is 1. The Labute approximate surface area is 170 Å². The second-order valence-corrected chi connectivity index (χ2v) is 6.86. The molecule has 0 aliphatic carbocycles. The molecule has 0 unspecified atom stereocenters. The number of hydrogen-bond acceptors (Lipinski definition) is 3. The number of aromatic nitrogens is 1. The molecule has 2 rings (SSSR count). The van der Waals surface area contributed by atoms with Gasteiger partial charge in [-0.25, -0.2) is 4.98 Å². The van der Waals surface area contributed by atoms with Crippen LogP contribution in [-0.4, -0.2) is 24.5 Å². The summed E-state index contributed by atoms with van der Waals surface area (Å²) in [5.74, 6) is 1.24. The van der Waals surface area contributed by atoms with Crippen molar-refractivity contribution in [2.24, 2.45) is 4.99 Å². The van der Waals surface area contributed by atoms with Gasteiger partial charge in [-0.15, -0.1) is 35.3 Å². The average molecular weight is 479 g/mol. The van der Waals surface area contributed by atoms with Gasteiger partial charge in [-0.1, -0.05) is 43.6 Å². The summed E-state index contributed by atoms with van der Waals surface area (Å²) < 4.78 is 0. The van der Waals surface area contributed by atoms with Gasteiger partial charge in [-0.3, -0.25) is 4.99 Å². The van der Waals surface area contributed by atoms with Gasteiger partial charge in [0.15, 0.2) is 5.96 Å². The zero-order valence-corrected chi connectivity index (χ0v) is 18.1. The van der Waals surface area contributed by atoms with Crippen molar-refractivity contribution >= 4 is 52.9 Å². The zero-order chi connectivity index (χ0) is 16.7. The van der Waals surface area contributed by atoms with E-state index in [-0.39, 0.29) is 24.0 Å². The van der Waals surface area contributed by atoms with Gasteiger partial charge in [0.2, 0.25) is 0 Å². The number of benzene rings is 1. The van der Waals surface area contributed by atoms with Crippen molar-refractivity contribution in [1.82, 2.24) is 15.6 Å². The highest BCUT2D eigenvalue weighted by molar-refractivity contribution is 14.0. The van der Waals surface area contributed by atoms with Crippen molar-refractivity contribution in [3.05, 3.63) is 50.9 Å². The molecule has 0 aliphatic rings. The van der Waals surface area contributed by atoms with Gasteiger partial charge in [-0.05, 0) is 24.0 Å². The van der Waals surface area contributed by atoms with Gasteiger partial charge in [-0.2, -0.15) is 0 Å². The molecule has 7 heteroatoms. The topological polar surface area (TPSA) is 49.3 Å². The Morgan fingerprint density at radius 3 is 2.67 bits per heavy atom. The van der Waals surface area contributed by atoms with Gasteiger partial charge in [0, 0.05) is 24.0 Å². The molecule has 0 spiro atoms. The van der Waals surface area contributed by atoms with Crippen LogP contribution in [0.25, 0.3) is 0 Å². The standard InChI is InChI=1S/C17H23ClN4S.HI/c1-12(2)15-11-23-16(22-15)10-21-17(19-3)20-9-8-13-6-4-5-7-14(13)18;/h4-7,11-12H,8-10H2,1-3H3,(H2,19,20,21);1H. The lowest BCUT2D eigenvalue weighted by Gasteiger charge is -2.11. The molecular weight excluding hydrogens is 455 g/mol. The summed E-state index contributed by atoms with van der Waals surface area (Å²) in [6.07, 6.45) is 0.856. The normalized spacial score (nSPS) is 11.3. The summed E-state index contributed by atoms with van der Waals surface area (Å²) >= 11 is 7.84. The first-order valence-corrected chi connectivity index (χ1v) is 8.98. The van der Waals surface area contributed by atoms with Crippen LogP contribution in [0, 0.1) is 0 Å². The van der Waals surface area contributed by atoms with Crippen LogP contribution in [0.1, 0.15) is 36.0 Å². The molecule has 1 aromatic carbocycles. The Kier molecular flexibility index (Phi) is 9.61. The van der Waals surface area contributed by atoms with Crippen molar-refractivity contribution < 1.29 is 0 Å². The number of thiazole rings is 1. The Morgan fingerprint density at radius 2 is 2.04 bits per heavy atom. The molecule has 0 bridgehead atoms. The second-order valence-electron chi connectivity index (χ2n) is 5.51. The van der Waals surface area contributed by atoms with Gasteiger partial charge in [0.05, 0.1) is 12.2 Å². The van der Waals surface area contributed by atoms with Crippen LogP contribution in [0.5, 0.6) is 0 Å². The van der Waals surface area contributed by atoms with E-state index in [9.17, 15) is 0 Å². The molecule has 1 aromatic heterocycles. The SMILES string of the molecule is CN=C(NCCc1ccccc1Cl)NCc1nc(C(C)C)cs1.I. The molecule has 2 aromatic rings. The Balaban J connectivity index is 0.00000288. The summed E-state index contributed by atoms with van der Waals surface area (Å²) in [6.45, 7) is 5.77. The molecule has 4 nitrogen and oxygen atoms in total. The molecule has 0 atom stereocenters. The van der Waals surface area contributed by atoms with Crippen LogP contribution in [0.3, 0.4) is 0 Å². The van der Waals surface area contributed by atoms with Crippen LogP contribution in [-0.2, 0) is 13.0 Å². The second kappa shape index (κ2) is 10.9. The summed E-state index contributed by atoms with van der Waals surface area (Å²) in [5.41, 5.74) is 2.28. The van der Waals surface area contributed by atoms with Crippen LogP contribution >= 0.6 is 46.9 Å². The smallest absolute Gasteiger partial charge is 0.191 e. The first kappa shape index (κ1) is 21.2. The molecule has 1 heterocycles. The van der Waals surface area contributed by atoms with Crippen molar-refractivity contribution in [3.63, 3.8) is 0 Å². The third-order valence-electron chi connectivity index (χ3n) is 3.44. The van der Waals surface area contributed by atoms with Crippen LogP contribution in [0.2, 0.25) is 5.02 Å². The van der Waals surface area contributed by atoms with E-state index in [0.717, 1.165) is 40.2 Å². The van der Waals surface area contributed by atoms with E-state index < -0.39 is 0 Å². The minimum Gasteiger partial charge on any atom is -0.356 e. The van der Waals surface area contributed by atoms with E-state index in [1.54, 1.807) is 18.4 Å². The molecule has 0 amide bonds. The molecule has 0 fully saturated rings. The third-order valence-corrected chi connectivity index (χ3v) is 4.67. The quantitative estimate of drug-likeness (QED) is 0.366. The van der Waals surface area contributed by atoms with Crippen LogP contribution in [0.15, 0.2) is 34.6 Å². The number of guanidine groups is 1. The van der Waals surface area contributed by atoms with Gasteiger partial charge in [0.25, 0.3) is 0 Å². The Morgan fingerprint density at radius 1 is 1.29 bits per heavy atom. The fraction of sp³-hybridized carbons (Fsp3) is 0.412. The minimum absolute atomic E-state index is 0. The van der Waals surface area contributed by atoms with Crippen molar-refractivity contribution in [2.75, 3.05) is 13.6 Å². The molecular formula is C17H24ClIN4S. The monoisotopic (exact) mass is 478 g/mol. The number of nitrogens with one attached hydrogen (secondary N) is 2. The molecule has 132 valence electrons. The first-order valence-electron chi connectivity index (χ1n) is 7.72. The zero-order valence-electron chi connectivity index (χ0n) is 14.2. The fourth-order valence-electron chi connectivity index (χ4n) is 2.07. The molecule has 2 N–H and O–H groups in total. The van der Waals surface area contributed by atoms with E-state index in [1.165, 1.54) is 0 Å².